The van der Waals surface area contributed by atoms with Crippen LogP contribution in [-0.4, -0.2) is 27.1 Å². The van der Waals surface area contributed by atoms with Crippen molar-refractivity contribution in [1.29, 1.82) is 0 Å². The van der Waals surface area contributed by atoms with Gasteiger partial charge in [-0.25, -0.2) is 0 Å². The third-order valence-electron chi connectivity index (χ3n) is 5.36. The zero-order valence-electron chi connectivity index (χ0n) is 16.3. The number of carbonyl (C=O) groups excluding carboxylic acids is 1. The third kappa shape index (κ3) is 3.94. The maximum absolute atomic E-state index is 12.1. The van der Waals surface area contributed by atoms with Gasteiger partial charge in [-0.05, 0) is 48.6 Å². The monoisotopic (exact) mass is 367 g/mol. The van der Waals surface area contributed by atoms with Crippen LogP contribution in [0.1, 0.15) is 47.5 Å². The molecule has 1 saturated carbocycles. The Morgan fingerprint density at radius 2 is 1.56 bits per heavy atom. The summed E-state index contributed by atoms with van der Waals surface area (Å²) in [7, 11) is 5.63. The van der Waals surface area contributed by atoms with Gasteiger partial charge in [0.15, 0.2) is 0 Å². The summed E-state index contributed by atoms with van der Waals surface area (Å²) in [6.45, 7) is 0. The fourth-order valence-electron chi connectivity index (χ4n) is 3.84. The predicted octanol–water partition coefficient (Wildman–Crippen LogP) is 4.31. The van der Waals surface area contributed by atoms with Crippen LogP contribution < -0.4 is 27.0 Å². The van der Waals surface area contributed by atoms with Gasteiger partial charge in [0.2, 0.25) is 0 Å². The molecule has 1 aliphatic carbocycles. The predicted molar refractivity (Wildman–Crippen MR) is 115 cm³/mol. The minimum absolute atomic E-state index is 0.416. The summed E-state index contributed by atoms with van der Waals surface area (Å²) in [5.41, 5.74) is 11.9. The summed E-state index contributed by atoms with van der Waals surface area (Å²) in [5, 5.41) is 13.0. The quantitative estimate of drug-likeness (QED) is 0.503. The van der Waals surface area contributed by atoms with E-state index in [0.717, 1.165) is 28.4 Å². The fraction of sp³-hybridized carbons (Fsp3) is 0.381. The van der Waals surface area contributed by atoms with Gasteiger partial charge >= 0.3 is 0 Å². The molecule has 0 atom stereocenters. The second-order valence-electron chi connectivity index (χ2n) is 6.97. The highest BCUT2D eigenvalue weighted by atomic mass is 16.1. The molecule has 0 aliphatic heterocycles. The summed E-state index contributed by atoms with van der Waals surface area (Å²) >= 11 is 0. The van der Waals surface area contributed by atoms with Gasteiger partial charge in [0.05, 0.1) is 28.3 Å². The lowest BCUT2D eigenvalue weighted by atomic mass is 9.95. The van der Waals surface area contributed by atoms with Gasteiger partial charge < -0.3 is 27.0 Å². The standard InChI is InChI=1S/C21H29N5O/c1-23-15-11-18(24-2)20(19(12-15)25-3)26-17-9-8-14(10-16(17)21(22)27)13-6-4-5-7-13/h8-13,23-26H,4-7H2,1-3H3,(H2,22,27). The number of nitrogens with one attached hydrogen (secondary N) is 4. The van der Waals surface area contributed by atoms with Gasteiger partial charge in [0, 0.05) is 26.8 Å². The molecule has 3 rings (SSSR count). The van der Waals surface area contributed by atoms with Crippen LogP contribution in [0.15, 0.2) is 30.3 Å². The second kappa shape index (κ2) is 8.20. The Kier molecular flexibility index (Phi) is 5.74. The number of hydrogen-bond acceptors (Lipinski definition) is 5. The summed E-state index contributed by atoms with van der Waals surface area (Å²) in [5.74, 6) is 0.119. The van der Waals surface area contributed by atoms with Crippen molar-refractivity contribution in [2.24, 2.45) is 5.73 Å². The van der Waals surface area contributed by atoms with Crippen molar-refractivity contribution in [2.45, 2.75) is 31.6 Å². The van der Waals surface area contributed by atoms with Crippen LogP contribution in [0.25, 0.3) is 0 Å². The number of amides is 1. The first-order chi connectivity index (χ1) is 13.1. The van der Waals surface area contributed by atoms with Crippen LogP contribution in [-0.2, 0) is 0 Å². The SMILES string of the molecule is CNc1cc(NC)c(Nc2ccc(C3CCCC3)cc2C(N)=O)c(NC)c1. The van der Waals surface area contributed by atoms with Crippen LogP contribution in [0.3, 0.4) is 0 Å². The first kappa shape index (κ1) is 18.9. The van der Waals surface area contributed by atoms with Gasteiger partial charge in [0.25, 0.3) is 5.91 Å². The number of nitrogens with two attached hydrogens (primary N) is 1. The first-order valence-electron chi connectivity index (χ1n) is 9.49. The molecule has 6 heteroatoms. The lowest BCUT2D eigenvalue weighted by Gasteiger charge is -2.20. The van der Waals surface area contributed by atoms with E-state index in [1.54, 1.807) is 0 Å². The van der Waals surface area contributed by atoms with Crippen molar-refractivity contribution in [1.82, 2.24) is 0 Å². The van der Waals surface area contributed by atoms with E-state index in [9.17, 15) is 4.79 Å². The molecule has 6 N–H and O–H groups in total. The maximum atomic E-state index is 12.1. The van der Waals surface area contributed by atoms with Gasteiger partial charge in [0.1, 0.15) is 0 Å². The molecule has 1 amide bonds. The van der Waals surface area contributed by atoms with Crippen LogP contribution in [0.2, 0.25) is 0 Å². The normalized spacial score (nSPS) is 14.0. The van der Waals surface area contributed by atoms with Gasteiger partial charge in [-0.15, -0.1) is 0 Å². The minimum Gasteiger partial charge on any atom is -0.388 e. The van der Waals surface area contributed by atoms with Gasteiger partial charge in [-0.1, -0.05) is 18.9 Å². The van der Waals surface area contributed by atoms with Crippen molar-refractivity contribution in [3.05, 3.63) is 41.5 Å². The minimum atomic E-state index is -0.416. The van der Waals surface area contributed by atoms with E-state index >= 15 is 0 Å². The number of benzene rings is 2. The average molecular weight is 367 g/mol. The van der Waals surface area contributed by atoms with Crippen LogP contribution >= 0.6 is 0 Å². The number of rotatable bonds is 7. The molecule has 0 bridgehead atoms. The zero-order valence-corrected chi connectivity index (χ0v) is 16.3. The topological polar surface area (TPSA) is 91.2 Å². The summed E-state index contributed by atoms with van der Waals surface area (Å²) in [4.78, 5) is 12.1. The average Bonchev–Trinajstić information content (AvgIpc) is 3.22. The lowest BCUT2D eigenvalue weighted by molar-refractivity contribution is 0.100. The molecule has 6 nitrogen and oxygen atoms in total. The molecule has 0 unspecified atom stereocenters. The molecular weight excluding hydrogens is 338 g/mol. The molecular formula is C21H29N5O. The van der Waals surface area contributed by atoms with E-state index in [1.807, 2.05) is 45.4 Å². The molecule has 0 heterocycles. The number of hydrogen-bond donors (Lipinski definition) is 5. The summed E-state index contributed by atoms with van der Waals surface area (Å²) in [6, 6.07) is 10.1. The molecule has 144 valence electrons. The summed E-state index contributed by atoms with van der Waals surface area (Å²) < 4.78 is 0. The van der Waals surface area contributed by atoms with Crippen LogP contribution in [0.4, 0.5) is 28.4 Å². The molecule has 2 aromatic rings. The molecule has 1 fully saturated rings. The Hall–Kier alpha value is -2.89. The highest BCUT2D eigenvalue weighted by Gasteiger charge is 2.20. The maximum Gasteiger partial charge on any atom is 0.250 e. The lowest BCUT2D eigenvalue weighted by Crippen LogP contribution is -2.15. The second-order valence-corrected chi connectivity index (χ2v) is 6.97. The number of primary amides is 1. The molecule has 27 heavy (non-hydrogen) atoms. The summed E-state index contributed by atoms with van der Waals surface area (Å²) in [6.07, 6.45) is 4.88. The Bertz CT molecular complexity index is 802. The Morgan fingerprint density at radius 1 is 0.926 bits per heavy atom. The van der Waals surface area contributed by atoms with E-state index in [1.165, 1.54) is 31.2 Å². The van der Waals surface area contributed by atoms with E-state index in [0.29, 0.717) is 11.5 Å². The Balaban J connectivity index is 2.01. The Morgan fingerprint density at radius 3 is 2.07 bits per heavy atom. The van der Waals surface area contributed by atoms with Crippen molar-refractivity contribution in [3.63, 3.8) is 0 Å². The van der Waals surface area contributed by atoms with Crippen LogP contribution in [0.5, 0.6) is 0 Å². The van der Waals surface area contributed by atoms with E-state index in [4.69, 9.17) is 5.73 Å². The smallest absolute Gasteiger partial charge is 0.250 e. The number of carbonyl (C=O) groups is 1. The highest BCUT2D eigenvalue weighted by molar-refractivity contribution is 6.01. The molecule has 0 radical (unpaired) electrons. The van der Waals surface area contributed by atoms with Gasteiger partial charge in [-0.3, -0.25) is 4.79 Å². The zero-order chi connectivity index (χ0) is 19.4. The largest absolute Gasteiger partial charge is 0.388 e. The fourth-order valence-corrected chi connectivity index (χ4v) is 3.84. The van der Waals surface area contributed by atoms with Crippen molar-refractivity contribution < 1.29 is 4.79 Å². The molecule has 2 aromatic carbocycles. The van der Waals surface area contributed by atoms with E-state index in [-0.39, 0.29) is 0 Å². The van der Waals surface area contributed by atoms with Crippen molar-refractivity contribution in [2.75, 3.05) is 42.4 Å². The highest BCUT2D eigenvalue weighted by Crippen LogP contribution is 2.39. The molecule has 1 aliphatic rings. The van der Waals surface area contributed by atoms with E-state index < -0.39 is 5.91 Å². The van der Waals surface area contributed by atoms with Gasteiger partial charge in [-0.2, -0.15) is 0 Å². The van der Waals surface area contributed by atoms with Crippen molar-refractivity contribution >= 4 is 34.3 Å². The first-order valence-corrected chi connectivity index (χ1v) is 9.49. The molecule has 0 spiro atoms. The third-order valence-corrected chi connectivity index (χ3v) is 5.36. The van der Waals surface area contributed by atoms with E-state index in [2.05, 4.69) is 27.3 Å². The molecule has 0 saturated heterocycles. The molecule has 0 aromatic heterocycles. The Labute approximate surface area is 160 Å². The van der Waals surface area contributed by atoms with Crippen molar-refractivity contribution in [3.8, 4) is 0 Å². The number of anilines is 5. The van der Waals surface area contributed by atoms with Crippen LogP contribution in [0, 0.1) is 0 Å².